The number of hydrogen-bond donors (Lipinski definition) is 2. The second-order valence-electron chi connectivity index (χ2n) is 3.62. The number of amides is 1. The molecule has 1 rings (SSSR count). The Labute approximate surface area is 90.7 Å². The minimum Gasteiger partial charge on any atom is -0.481 e. The summed E-state index contributed by atoms with van der Waals surface area (Å²) >= 11 is 0. The lowest BCUT2D eigenvalue weighted by atomic mass is 9.99. The van der Waals surface area contributed by atoms with Crippen LogP contribution in [0.15, 0.2) is 0 Å². The highest BCUT2D eigenvalue weighted by Gasteiger charge is 2.38. The molecule has 1 fully saturated rings. The number of carbonyl (C=O) groups excluding carboxylic acids is 1. The van der Waals surface area contributed by atoms with Gasteiger partial charge < -0.3 is 15.1 Å². The molecule has 1 amide bonds. The van der Waals surface area contributed by atoms with Crippen molar-refractivity contribution in [2.75, 3.05) is 13.2 Å². The van der Waals surface area contributed by atoms with E-state index in [0.717, 1.165) is 4.90 Å². The largest absolute Gasteiger partial charge is 0.481 e. The van der Waals surface area contributed by atoms with Crippen LogP contribution in [0, 0.1) is 5.92 Å². The molecule has 1 aliphatic heterocycles. The minimum atomic E-state index is -1.39. The number of carbonyl (C=O) groups is 3. The van der Waals surface area contributed by atoms with Crippen LogP contribution in [0.4, 0.5) is 4.39 Å². The number of aliphatic carboxylic acids is 2. The Bertz CT molecular complexity index is 319. The van der Waals surface area contributed by atoms with Crippen molar-refractivity contribution in [3.05, 3.63) is 0 Å². The second kappa shape index (κ2) is 4.91. The molecule has 0 bridgehead atoms. The van der Waals surface area contributed by atoms with Crippen LogP contribution in [0.5, 0.6) is 0 Å². The monoisotopic (exact) mass is 233 g/mol. The fraction of sp³-hybridized carbons (Fsp3) is 0.667. The van der Waals surface area contributed by atoms with Crippen LogP contribution in [-0.4, -0.2) is 52.2 Å². The SMILES string of the molecule is O=C(O)C(CF)CC(=O)N1CCC1C(=O)O. The molecule has 0 aromatic heterocycles. The van der Waals surface area contributed by atoms with Crippen molar-refractivity contribution in [2.45, 2.75) is 18.9 Å². The van der Waals surface area contributed by atoms with Gasteiger partial charge in [-0.2, -0.15) is 0 Å². The van der Waals surface area contributed by atoms with Gasteiger partial charge in [-0.05, 0) is 6.42 Å². The zero-order chi connectivity index (χ0) is 12.3. The van der Waals surface area contributed by atoms with Crippen LogP contribution in [0.3, 0.4) is 0 Å². The van der Waals surface area contributed by atoms with Crippen LogP contribution < -0.4 is 0 Å². The summed E-state index contributed by atoms with van der Waals surface area (Å²) in [5.41, 5.74) is 0. The van der Waals surface area contributed by atoms with Crippen LogP contribution in [0.1, 0.15) is 12.8 Å². The first-order valence-corrected chi connectivity index (χ1v) is 4.78. The zero-order valence-electron chi connectivity index (χ0n) is 8.43. The molecule has 1 saturated heterocycles. The van der Waals surface area contributed by atoms with Crippen LogP contribution in [-0.2, 0) is 14.4 Å². The van der Waals surface area contributed by atoms with Gasteiger partial charge in [0.1, 0.15) is 12.7 Å². The fourth-order valence-electron chi connectivity index (χ4n) is 1.48. The smallest absolute Gasteiger partial charge is 0.326 e. The number of hydrogen-bond acceptors (Lipinski definition) is 3. The van der Waals surface area contributed by atoms with E-state index < -0.39 is 42.9 Å². The molecule has 2 N–H and O–H groups in total. The molecular weight excluding hydrogens is 221 g/mol. The lowest BCUT2D eigenvalue weighted by Gasteiger charge is -2.38. The van der Waals surface area contributed by atoms with E-state index >= 15 is 0 Å². The first-order valence-electron chi connectivity index (χ1n) is 4.78. The summed E-state index contributed by atoms with van der Waals surface area (Å²) in [4.78, 5) is 33.6. The Hall–Kier alpha value is -1.66. The molecule has 1 aliphatic rings. The van der Waals surface area contributed by atoms with Crippen molar-refractivity contribution >= 4 is 17.8 Å². The van der Waals surface area contributed by atoms with Crippen LogP contribution in [0.2, 0.25) is 0 Å². The van der Waals surface area contributed by atoms with Crippen molar-refractivity contribution in [1.82, 2.24) is 4.90 Å². The van der Waals surface area contributed by atoms with E-state index in [0.29, 0.717) is 6.42 Å². The molecule has 0 saturated carbocycles. The predicted octanol–water partition coefficient (Wildman–Crippen LogP) is -0.268. The molecule has 0 aliphatic carbocycles. The number of rotatable bonds is 5. The van der Waals surface area contributed by atoms with Gasteiger partial charge in [0, 0.05) is 13.0 Å². The van der Waals surface area contributed by atoms with Crippen molar-refractivity contribution in [1.29, 1.82) is 0 Å². The van der Waals surface area contributed by atoms with Gasteiger partial charge in [-0.15, -0.1) is 0 Å². The van der Waals surface area contributed by atoms with E-state index in [2.05, 4.69) is 0 Å². The summed E-state index contributed by atoms with van der Waals surface area (Å²) in [7, 11) is 0. The van der Waals surface area contributed by atoms with E-state index in [1.165, 1.54) is 0 Å². The Balaban J connectivity index is 2.52. The normalized spacial score (nSPS) is 21.1. The summed E-state index contributed by atoms with van der Waals surface area (Å²) in [5.74, 6) is -4.51. The zero-order valence-corrected chi connectivity index (χ0v) is 8.43. The Morgan fingerprint density at radius 2 is 2.00 bits per heavy atom. The Morgan fingerprint density at radius 1 is 1.38 bits per heavy atom. The highest BCUT2D eigenvalue weighted by Crippen LogP contribution is 2.20. The first-order chi connectivity index (χ1) is 7.47. The second-order valence-corrected chi connectivity index (χ2v) is 3.62. The molecule has 1 heterocycles. The molecule has 90 valence electrons. The van der Waals surface area contributed by atoms with Gasteiger partial charge >= 0.3 is 11.9 Å². The Kier molecular flexibility index (Phi) is 3.81. The van der Waals surface area contributed by atoms with Crippen LogP contribution in [0.25, 0.3) is 0 Å². The number of alkyl halides is 1. The Morgan fingerprint density at radius 3 is 2.31 bits per heavy atom. The molecule has 0 aromatic rings. The lowest BCUT2D eigenvalue weighted by Crippen LogP contribution is -2.55. The summed E-state index contributed by atoms with van der Waals surface area (Å²) < 4.78 is 12.2. The molecule has 0 aromatic carbocycles. The lowest BCUT2D eigenvalue weighted by molar-refractivity contribution is -0.159. The van der Waals surface area contributed by atoms with Gasteiger partial charge in [-0.1, -0.05) is 0 Å². The predicted molar refractivity (Wildman–Crippen MR) is 49.5 cm³/mol. The number of halogens is 1. The quantitative estimate of drug-likeness (QED) is 0.681. The first kappa shape index (κ1) is 12.4. The average Bonchev–Trinajstić information content (AvgIpc) is 2.10. The maximum Gasteiger partial charge on any atom is 0.326 e. The third-order valence-corrected chi connectivity index (χ3v) is 2.58. The number of nitrogens with zero attached hydrogens (tertiary/aromatic N) is 1. The van der Waals surface area contributed by atoms with Gasteiger partial charge in [0.25, 0.3) is 0 Å². The molecule has 0 spiro atoms. The van der Waals surface area contributed by atoms with Gasteiger partial charge in [0.15, 0.2) is 0 Å². The van der Waals surface area contributed by atoms with Crippen molar-refractivity contribution in [2.24, 2.45) is 5.92 Å². The summed E-state index contributed by atoms with van der Waals surface area (Å²) in [5, 5.41) is 17.2. The molecule has 0 radical (unpaired) electrons. The van der Waals surface area contributed by atoms with Gasteiger partial charge in [0.2, 0.25) is 5.91 Å². The van der Waals surface area contributed by atoms with Gasteiger partial charge in [0.05, 0.1) is 5.92 Å². The standard InChI is InChI=1S/C9H12FNO5/c10-4-5(8(13)14)3-7(12)11-2-1-6(11)9(15)16/h5-6H,1-4H2,(H,13,14)(H,15,16). The van der Waals surface area contributed by atoms with Crippen molar-refractivity contribution in [3.8, 4) is 0 Å². The highest BCUT2D eigenvalue weighted by atomic mass is 19.1. The summed E-state index contributed by atoms with van der Waals surface area (Å²) in [6, 6.07) is -0.887. The van der Waals surface area contributed by atoms with E-state index in [9.17, 15) is 18.8 Å². The van der Waals surface area contributed by atoms with Crippen molar-refractivity contribution < 1.29 is 29.0 Å². The maximum absolute atomic E-state index is 12.2. The van der Waals surface area contributed by atoms with Crippen molar-refractivity contribution in [3.63, 3.8) is 0 Å². The van der Waals surface area contributed by atoms with E-state index in [1.807, 2.05) is 0 Å². The third-order valence-electron chi connectivity index (χ3n) is 2.58. The number of carboxylic acids is 2. The van der Waals surface area contributed by atoms with Crippen LogP contribution >= 0.6 is 0 Å². The topological polar surface area (TPSA) is 94.9 Å². The van der Waals surface area contributed by atoms with Gasteiger partial charge in [-0.25, -0.2) is 4.79 Å². The number of carboxylic acid groups (broad SMARTS) is 2. The minimum absolute atomic E-state index is 0.286. The summed E-state index contributed by atoms with van der Waals surface area (Å²) in [6.07, 6.45) is -0.135. The van der Waals surface area contributed by atoms with E-state index in [4.69, 9.17) is 10.2 Å². The fourth-order valence-corrected chi connectivity index (χ4v) is 1.48. The summed E-state index contributed by atoms with van der Waals surface area (Å²) in [6.45, 7) is -0.846. The molecule has 7 heteroatoms. The highest BCUT2D eigenvalue weighted by molar-refractivity contribution is 5.87. The average molecular weight is 233 g/mol. The molecule has 2 unspecified atom stereocenters. The van der Waals surface area contributed by atoms with E-state index in [-0.39, 0.29) is 6.54 Å². The third kappa shape index (κ3) is 2.47. The molecule has 16 heavy (non-hydrogen) atoms. The molecule has 6 nitrogen and oxygen atoms in total. The molecule has 2 atom stereocenters. The van der Waals surface area contributed by atoms with Gasteiger partial charge in [-0.3, -0.25) is 14.0 Å². The maximum atomic E-state index is 12.2. The van der Waals surface area contributed by atoms with E-state index in [1.54, 1.807) is 0 Å². The molecular formula is C9H12FNO5. The number of likely N-dealkylation sites (tertiary alicyclic amines) is 1.